The zero-order chi connectivity index (χ0) is 14.3. The van der Waals surface area contributed by atoms with Gasteiger partial charge in [0.25, 0.3) is 0 Å². The van der Waals surface area contributed by atoms with Crippen molar-refractivity contribution in [1.82, 2.24) is 14.9 Å². The Morgan fingerprint density at radius 1 is 1.48 bits per heavy atom. The van der Waals surface area contributed by atoms with Crippen LogP contribution < -0.4 is 11.1 Å². The first-order chi connectivity index (χ1) is 9.06. The van der Waals surface area contributed by atoms with Gasteiger partial charge in [0, 0.05) is 32.6 Å². The molecule has 0 fully saturated rings. The molecule has 1 atom stereocenters. The van der Waals surface area contributed by atoms with E-state index in [-0.39, 0.29) is 43.2 Å². The molecule has 0 spiro atoms. The van der Waals surface area contributed by atoms with E-state index in [4.69, 9.17) is 10.5 Å². The second-order valence-electron chi connectivity index (χ2n) is 4.96. The van der Waals surface area contributed by atoms with Gasteiger partial charge in [-0.3, -0.25) is 4.79 Å². The van der Waals surface area contributed by atoms with E-state index in [0.717, 1.165) is 12.4 Å². The second kappa shape index (κ2) is 11.8. The first-order valence-electron chi connectivity index (χ1n) is 6.56. The van der Waals surface area contributed by atoms with E-state index in [1.165, 1.54) is 0 Å². The quantitative estimate of drug-likeness (QED) is 0.748. The number of carbonyl (C=O) groups is 1. The van der Waals surface area contributed by atoms with Gasteiger partial charge >= 0.3 is 0 Å². The smallest absolute Gasteiger partial charge is 0.223 e. The third-order valence-corrected chi connectivity index (χ3v) is 2.82. The molecule has 124 valence electrons. The molecule has 0 radical (unpaired) electrons. The number of nitrogens with one attached hydrogen (secondary N) is 1. The summed E-state index contributed by atoms with van der Waals surface area (Å²) in [6.45, 7) is 5.96. The van der Waals surface area contributed by atoms with E-state index >= 15 is 0 Å². The number of ether oxygens (including phenoxy) is 1. The predicted octanol–water partition coefficient (Wildman–Crippen LogP) is 1.36. The molecular weight excluding hydrogens is 315 g/mol. The number of rotatable bonds is 8. The molecule has 3 N–H and O–H groups in total. The number of nitrogens with two attached hydrogens (primary N) is 1. The third kappa shape index (κ3) is 8.26. The number of amides is 1. The lowest BCUT2D eigenvalue weighted by molar-refractivity contribution is -0.123. The Morgan fingerprint density at radius 2 is 2.14 bits per heavy atom. The standard InChI is InChI=1S/C13H24N4O2.2ClH/c1-10(2)9-17-5-4-15-12(17)8-16-13(18)6-11(7-14)19-3;;/h4-5,10-11H,6-9,14H2,1-3H3,(H,16,18);2*1H. The molecular formula is C13H26Cl2N4O2. The van der Waals surface area contributed by atoms with Crippen LogP contribution in [0.5, 0.6) is 0 Å². The molecule has 6 nitrogen and oxygen atoms in total. The summed E-state index contributed by atoms with van der Waals surface area (Å²) in [5.74, 6) is 1.33. The van der Waals surface area contributed by atoms with Crippen LogP contribution in [0.1, 0.15) is 26.1 Å². The molecule has 1 amide bonds. The molecule has 0 aromatic carbocycles. The van der Waals surface area contributed by atoms with Gasteiger partial charge in [-0.05, 0) is 5.92 Å². The van der Waals surface area contributed by atoms with Crippen molar-refractivity contribution in [2.24, 2.45) is 11.7 Å². The van der Waals surface area contributed by atoms with Crippen molar-refractivity contribution >= 4 is 30.7 Å². The summed E-state index contributed by atoms with van der Waals surface area (Å²) in [5.41, 5.74) is 5.48. The third-order valence-electron chi connectivity index (χ3n) is 2.82. The molecule has 8 heteroatoms. The molecule has 0 aliphatic heterocycles. The van der Waals surface area contributed by atoms with E-state index in [0.29, 0.717) is 19.0 Å². The Kier molecular flexibility index (Phi) is 12.6. The number of hydrogen-bond acceptors (Lipinski definition) is 4. The predicted molar refractivity (Wildman–Crippen MR) is 87.9 cm³/mol. The molecule has 1 rings (SSSR count). The Hall–Kier alpha value is -0.820. The van der Waals surface area contributed by atoms with Crippen molar-refractivity contribution in [2.75, 3.05) is 13.7 Å². The van der Waals surface area contributed by atoms with Crippen molar-refractivity contribution in [3.05, 3.63) is 18.2 Å². The maximum Gasteiger partial charge on any atom is 0.223 e. The Morgan fingerprint density at radius 3 is 2.67 bits per heavy atom. The SMILES string of the molecule is COC(CN)CC(=O)NCc1nccn1CC(C)C.Cl.Cl. The summed E-state index contributed by atoms with van der Waals surface area (Å²) in [5, 5.41) is 2.84. The summed E-state index contributed by atoms with van der Waals surface area (Å²) in [4.78, 5) is 16.0. The minimum absolute atomic E-state index is 0. The zero-order valence-corrected chi connectivity index (χ0v) is 14.4. The number of aromatic nitrogens is 2. The fraction of sp³-hybridized carbons (Fsp3) is 0.692. The zero-order valence-electron chi connectivity index (χ0n) is 12.7. The van der Waals surface area contributed by atoms with E-state index in [2.05, 4.69) is 28.7 Å². The topological polar surface area (TPSA) is 82.2 Å². The monoisotopic (exact) mass is 340 g/mol. The fourth-order valence-electron chi connectivity index (χ4n) is 1.79. The number of carbonyl (C=O) groups excluding carboxylic acids is 1. The van der Waals surface area contributed by atoms with E-state index < -0.39 is 0 Å². The molecule has 21 heavy (non-hydrogen) atoms. The van der Waals surface area contributed by atoms with Crippen molar-refractivity contribution < 1.29 is 9.53 Å². The van der Waals surface area contributed by atoms with Gasteiger partial charge in [0.05, 0.1) is 19.1 Å². The highest BCUT2D eigenvalue weighted by Gasteiger charge is 2.12. The van der Waals surface area contributed by atoms with Gasteiger partial charge in [-0.1, -0.05) is 13.8 Å². The van der Waals surface area contributed by atoms with Crippen LogP contribution in [-0.2, 0) is 22.6 Å². The summed E-state index contributed by atoms with van der Waals surface area (Å²) >= 11 is 0. The largest absolute Gasteiger partial charge is 0.380 e. The van der Waals surface area contributed by atoms with E-state index in [1.807, 2.05) is 6.20 Å². The number of hydrogen-bond donors (Lipinski definition) is 2. The van der Waals surface area contributed by atoms with Crippen LogP contribution in [0.25, 0.3) is 0 Å². The number of halogens is 2. The van der Waals surface area contributed by atoms with Gasteiger partial charge in [0.15, 0.2) is 0 Å². The summed E-state index contributed by atoms with van der Waals surface area (Å²) in [7, 11) is 1.56. The van der Waals surface area contributed by atoms with Crippen LogP contribution in [0, 0.1) is 5.92 Å². The molecule has 0 aliphatic carbocycles. The molecule has 1 aromatic rings. The van der Waals surface area contributed by atoms with Crippen molar-refractivity contribution in [3.8, 4) is 0 Å². The minimum Gasteiger partial charge on any atom is -0.380 e. The van der Waals surface area contributed by atoms with Crippen LogP contribution in [-0.4, -0.2) is 35.2 Å². The van der Waals surface area contributed by atoms with Crippen LogP contribution in [0.2, 0.25) is 0 Å². The van der Waals surface area contributed by atoms with Crippen molar-refractivity contribution in [2.45, 2.75) is 39.5 Å². The number of methoxy groups -OCH3 is 1. The van der Waals surface area contributed by atoms with Gasteiger partial charge in [0.2, 0.25) is 5.91 Å². The number of nitrogens with zero attached hydrogens (tertiary/aromatic N) is 2. The Labute approximate surface area is 138 Å². The molecule has 0 saturated heterocycles. The van der Waals surface area contributed by atoms with E-state index in [1.54, 1.807) is 13.3 Å². The van der Waals surface area contributed by atoms with Crippen LogP contribution in [0.4, 0.5) is 0 Å². The molecule has 0 bridgehead atoms. The van der Waals surface area contributed by atoms with Crippen molar-refractivity contribution in [3.63, 3.8) is 0 Å². The van der Waals surface area contributed by atoms with Crippen LogP contribution >= 0.6 is 24.8 Å². The lowest BCUT2D eigenvalue weighted by Crippen LogP contribution is -2.32. The lowest BCUT2D eigenvalue weighted by atomic mass is 10.2. The summed E-state index contributed by atoms with van der Waals surface area (Å²) in [6.07, 6.45) is 3.73. The molecule has 0 aliphatic rings. The molecule has 1 unspecified atom stereocenters. The average molecular weight is 341 g/mol. The lowest BCUT2D eigenvalue weighted by Gasteiger charge is -2.13. The van der Waals surface area contributed by atoms with E-state index in [9.17, 15) is 4.79 Å². The maximum atomic E-state index is 11.7. The number of imidazole rings is 1. The Bertz CT molecular complexity index is 395. The highest BCUT2D eigenvalue weighted by molar-refractivity contribution is 5.85. The Balaban J connectivity index is 0. The van der Waals surface area contributed by atoms with Gasteiger partial charge in [-0.2, -0.15) is 0 Å². The normalized spacial score (nSPS) is 11.5. The second-order valence-corrected chi connectivity index (χ2v) is 4.96. The van der Waals surface area contributed by atoms with Crippen molar-refractivity contribution in [1.29, 1.82) is 0 Å². The fourth-order valence-corrected chi connectivity index (χ4v) is 1.79. The van der Waals surface area contributed by atoms with Gasteiger partial charge in [-0.25, -0.2) is 4.98 Å². The highest BCUT2D eigenvalue weighted by Crippen LogP contribution is 2.04. The first-order valence-corrected chi connectivity index (χ1v) is 6.56. The summed E-state index contributed by atoms with van der Waals surface area (Å²) < 4.78 is 7.13. The van der Waals surface area contributed by atoms with Gasteiger partial charge in [0.1, 0.15) is 5.82 Å². The summed E-state index contributed by atoms with van der Waals surface area (Å²) in [6, 6.07) is 0. The van der Waals surface area contributed by atoms with Crippen LogP contribution in [0.15, 0.2) is 12.4 Å². The molecule has 0 saturated carbocycles. The molecule has 1 aromatic heterocycles. The minimum atomic E-state index is -0.226. The highest BCUT2D eigenvalue weighted by atomic mass is 35.5. The maximum absolute atomic E-state index is 11.7. The first kappa shape index (κ1) is 22.5. The molecule has 1 heterocycles. The van der Waals surface area contributed by atoms with Gasteiger partial charge < -0.3 is 20.4 Å². The van der Waals surface area contributed by atoms with Gasteiger partial charge in [-0.15, -0.1) is 24.8 Å². The average Bonchev–Trinajstić information content (AvgIpc) is 2.80. The van der Waals surface area contributed by atoms with Crippen LogP contribution in [0.3, 0.4) is 0 Å².